The molecule has 1 N–H and O–H groups in total. The smallest absolute Gasteiger partial charge is 0.243 e. The van der Waals surface area contributed by atoms with E-state index in [1.807, 2.05) is 86.6 Å². The Morgan fingerprint density at radius 2 is 1.69 bits per heavy atom. The number of nitrogens with zero attached hydrogens (tertiary/aromatic N) is 1. The minimum atomic E-state index is -0.637. The van der Waals surface area contributed by atoms with Crippen molar-refractivity contribution >= 4 is 23.4 Å². The Morgan fingerprint density at radius 3 is 2.37 bits per heavy atom. The van der Waals surface area contributed by atoms with Gasteiger partial charge in [-0.2, -0.15) is 0 Å². The number of ether oxygens (including phenoxy) is 1. The molecule has 1 atom stereocenters. The molecule has 0 saturated carbocycles. The molecule has 0 radical (unpaired) electrons. The molecule has 3 aromatic rings. The van der Waals surface area contributed by atoms with Gasteiger partial charge in [0.15, 0.2) is 0 Å². The van der Waals surface area contributed by atoms with Crippen LogP contribution in [0.1, 0.15) is 36.5 Å². The Hall–Kier alpha value is -3.31. The highest BCUT2D eigenvalue weighted by atomic mass is 35.5. The lowest BCUT2D eigenvalue weighted by Gasteiger charge is -2.31. The van der Waals surface area contributed by atoms with Gasteiger partial charge in [0.25, 0.3) is 0 Å². The Bertz CT molecular complexity index is 1090. The first-order valence-corrected chi connectivity index (χ1v) is 12.4. The Kier molecular flexibility index (Phi) is 10.2. The van der Waals surface area contributed by atoms with Crippen molar-refractivity contribution < 1.29 is 14.3 Å². The Balaban J connectivity index is 1.76. The third-order valence-corrected chi connectivity index (χ3v) is 5.92. The van der Waals surface area contributed by atoms with Gasteiger partial charge in [0.05, 0.1) is 6.61 Å². The predicted molar refractivity (Wildman–Crippen MR) is 141 cm³/mol. The lowest BCUT2D eigenvalue weighted by atomic mass is 10.0. The Labute approximate surface area is 213 Å². The van der Waals surface area contributed by atoms with Crippen LogP contribution in [0.15, 0.2) is 78.9 Å². The van der Waals surface area contributed by atoms with Gasteiger partial charge in [-0.15, -0.1) is 0 Å². The molecule has 0 bridgehead atoms. The molecule has 0 heterocycles. The minimum Gasteiger partial charge on any atom is -0.494 e. The quantitative estimate of drug-likeness (QED) is 0.335. The van der Waals surface area contributed by atoms with Crippen LogP contribution in [0.4, 0.5) is 0 Å². The van der Waals surface area contributed by atoms with E-state index in [1.54, 1.807) is 11.0 Å². The second kappa shape index (κ2) is 13.5. The zero-order valence-electron chi connectivity index (χ0n) is 20.4. The summed E-state index contributed by atoms with van der Waals surface area (Å²) in [5.74, 6) is 0.524. The van der Waals surface area contributed by atoms with Crippen LogP contribution in [-0.4, -0.2) is 35.9 Å². The third-order valence-electron chi connectivity index (χ3n) is 5.69. The predicted octanol–water partition coefficient (Wildman–Crippen LogP) is 5.58. The average molecular weight is 493 g/mol. The maximum atomic E-state index is 13.5. The molecule has 5 nitrogen and oxygen atoms in total. The number of benzene rings is 3. The summed E-state index contributed by atoms with van der Waals surface area (Å²) in [6.45, 7) is 5.12. The van der Waals surface area contributed by atoms with Crippen molar-refractivity contribution in [2.45, 2.75) is 45.7 Å². The van der Waals surface area contributed by atoms with Crippen LogP contribution >= 0.6 is 11.6 Å². The highest BCUT2D eigenvalue weighted by Gasteiger charge is 2.29. The average Bonchev–Trinajstić information content (AvgIpc) is 2.86. The van der Waals surface area contributed by atoms with E-state index in [2.05, 4.69) is 5.32 Å². The summed E-state index contributed by atoms with van der Waals surface area (Å²) < 4.78 is 5.80. The number of carbonyl (C=O) groups excluding carboxylic acids is 2. The first kappa shape index (κ1) is 26.3. The third kappa shape index (κ3) is 8.45. The number of rotatable bonds is 12. The first-order valence-electron chi connectivity index (χ1n) is 12.0. The first-order chi connectivity index (χ1) is 17.0. The van der Waals surface area contributed by atoms with Gasteiger partial charge in [-0.05, 0) is 55.7 Å². The van der Waals surface area contributed by atoms with Gasteiger partial charge in [-0.3, -0.25) is 9.59 Å². The van der Waals surface area contributed by atoms with Gasteiger partial charge in [-0.25, -0.2) is 0 Å². The number of amides is 2. The molecule has 0 aliphatic carbocycles. The van der Waals surface area contributed by atoms with Crippen LogP contribution in [0, 0.1) is 6.92 Å². The van der Waals surface area contributed by atoms with E-state index < -0.39 is 6.04 Å². The Morgan fingerprint density at radius 1 is 0.971 bits per heavy atom. The number of hydrogen-bond acceptors (Lipinski definition) is 3. The molecule has 184 valence electrons. The van der Waals surface area contributed by atoms with Crippen LogP contribution in [0.5, 0.6) is 5.75 Å². The van der Waals surface area contributed by atoms with Crippen LogP contribution < -0.4 is 10.1 Å². The summed E-state index contributed by atoms with van der Waals surface area (Å²) in [4.78, 5) is 28.3. The molecule has 2 amide bonds. The highest BCUT2D eigenvalue weighted by Crippen LogP contribution is 2.19. The molecule has 35 heavy (non-hydrogen) atoms. The van der Waals surface area contributed by atoms with Gasteiger partial charge in [-0.1, -0.05) is 71.8 Å². The summed E-state index contributed by atoms with van der Waals surface area (Å²) in [6.07, 6.45) is 1.25. The van der Waals surface area contributed by atoms with E-state index >= 15 is 0 Å². The summed E-state index contributed by atoms with van der Waals surface area (Å²) in [7, 11) is 0. The number of carbonyl (C=O) groups is 2. The zero-order chi connectivity index (χ0) is 25.0. The summed E-state index contributed by atoms with van der Waals surface area (Å²) in [5.41, 5.74) is 3.04. The molecule has 3 aromatic carbocycles. The summed E-state index contributed by atoms with van der Waals surface area (Å²) in [5, 5.41) is 3.50. The van der Waals surface area contributed by atoms with E-state index in [0.717, 1.165) is 16.9 Å². The molecule has 3 rings (SSSR count). The normalized spacial score (nSPS) is 11.5. The fourth-order valence-electron chi connectivity index (χ4n) is 3.87. The van der Waals surface area contributed by atoms with Crippen molar-refractivity contribution in [2.75, 3.05) is 13.2 Å². The van der Waals surface area contributed by atoms with Crippen LogP contribution in [0.25, 0.3) is 0 Å². The largest absolute Gasteiger partial charge is 0.494 e. The van der Waals surface area contributed by atoms with E-state index in [0.29, 0.717) is 37.6 Å². The molecule has 0 aromatic heterocycles. The van der Waals surface area contributed by atoms with Gasteiger partial charge < -0.3 is 15.0 Å². The van der Waals surface area contributed by atoms with E-state index in [1.165, 1.54) is 5.56 Å². The summed E-state index contributed by atoms with van der Waals surface area (Å²) >= 11 is 6.20. The standard InChI is InChI=1S/C29H33ClN2O3/c1-3-31-29(34)27(20-23-9-5-4-6-10-23)32(21-24-11-7-12-25(30)19-24)28(33)13-8-18-35-26-16-14-22(2)15-17-26/h4-7,9-12,14-17,19,27H,3,8,13,18,20-21H2,1-2H3,(H,31,34)/t27-/m1/s1. The van der Waals surface area contributed by atoms with Crippen molar-refractivity contribution in [3.63, 3.8) is 0 Å². The van der Waals surface area contributed by atoms with Crippen LogP contribution in [0.2, 0.25) is 5.02 Å². The van der Waals surface area contributed by atoms with Crippen molar-refractivity contribution in [3.05, 3.63) is 101 Å². The van der Waals surface area contributed by atoms with Crippen LogP contribution in [0.3, 0.4) is 0 Å². The lowest BCUT2D eigenvalue weighted by Crippen LogP contribution is -2.50. The maximum Gasteiger partial charge on any atom is 0.243 e. The van der Waals surface area contributed by atoms with Crippen molar-refractivity contribution in [2.24, 2.45) is 0 Å². The van der Waals surface area contributed by atoms with E-state index in [-0.39, 0.29) is 18.2 Å². The van der Waals surface area contributed by atoms with E-state index in [4.69, 9.17) is 16.3 Å². The SMILES string of the molecule is CCNC(=O)[C@@H](Cc1ccccc1)N(Cc1cccc(Cl)c1)C(=O)CCCOc1ccc(C)cc1. The molecule has 6 heteroatoms. The molecular weight excluding hydrogens is 460 g/mol. The monoisotopic (exact) mass is 492 g/mol. The second-order valence-corrected chi connectivity index (χ2v) is 8.95. The topological polar surface area (TPSA) is 58.6 Å². The maximum absolute atomic E-state index is 13.5. The molecule has 0 spiro atoms. The lowest BCUT2D eigenvalue weighted by molar-refractivity contribution is -0.141. The number of nitrogens with one attached hydrogen (secondary N) is 1. The molecule has 0 aliphatic rings. The summed E-state index contributed by atoms with van der Waals surface area (Å²) in [6, 6.07) is 24.4. The number of halogens is 1. The van der Waals surface area contributed by atoms with Crippen molar-refractivity contribution in [3.8, 4) is 5.75 Å². The molecule has 0 saturated heterocycles. The van der Waals surface area contributed by atoms with Gasteiger partial charge in [0.2, 0.25) is 11.8 Å². The molecule has 0 aliphatic heterocycles. The molecule has 0 fully saturated rings. The van der Waals surface area contributed by atoms with Gasteiger partial charge in [0.1, 0.15) is 11.8 Å². The number of hydrogen-bond donors (Lipinski definition) is 1. The fraction of sp³-hybridized carbons (Fsp3) is 0.310. The van der Waals surface area contributed by atoms with E-state index in [9.17, 15) is 9.59 Å². The minimum absolute atomic E-state index is 0.0929. The van der Waals surface area contributed by atoms with Gasteiger partial charge >= 0.3 is 0 Å². The molecule has 0 unspecified atom stereocenters. The zero-order valence-corrected chi connectivity index (χ0v) is 21.1. The second-order valence-electron chi connectivity index (χ2n) is 8.52. The van der Waals surface area contributed by atoms with Crippen molar-refractivity contribution in [1.29, 1.82) is 0 Å². The van der Waals surface area contributed by atoms with Gasteiger partial charge in [0, 0.05) is 31.0 Å². The number of likely N-dealkylation sites (N-methyl/N-ethyl adjacent to an activating group) is 1. The van der Waals surface area contributed by atoms with Crippen LogP contribution in [-0.2, 0) is 22.6 Å². The highest BCUT2D eigenvalue weighted by molar-refractivity contribution is 6.30. The molecular formula is C29H33ClN2O3. The van der Waals surface area contributed by atoms with Crippen molar-refractivity contribution in [1.82, 2.24) is 10.2 Å². The fourth-order valence-corrected chi connectivity index (χ4v) is 4.08. The number of aryl methyl sites for hydroxylation is 1.